The van der Waals surface area contributed by atoms with E-state index in [4.69, 9.17) is 5.50 Å². The van der Waals surface area contributed by atoms with Crippen LogP contribution in [0.1, 0.15) is 27.7 Å². The van der Waals surface area contributed by atoms with Crippen molar-refractivity contribution in [2.24, 2.45) is 17.3 Å². The molecule has 0 aliphatic carbocycles. The van der Waals surface area contributed by atoms with Gasteiger partial charge in [0.25, 0.3) is 7.59 Å². The molecule has 0 aliphatic rings. The van der Waals surface area contributed by atoms with Crippen molar-refractivity contribution in [3.8, 4) is 0 Å². The SMILES string of the molecule is CC(C)CNP(N)(=O)NCC(C)C. The van der Waals surface area contributed by atoms with Gasteiger partial charge >= 0.3 is 0 Å². The highest BCUT2D eigenvalue weighted by atomic mass is 31.2. The first kappa shape index (κ1) is 13.1. The van der Waals surface area contributed by atoms with Gasteiger partial charge < -0.3 is 0 Å². The molecule has 0 saturated carbocycles. The Morgan fingerprint density at radius 3 is 1.62 bits per heavy atom. The van der Waals surface area contributed by atoms with Gasteiger partial charge in [-0.2, -0.15) is 0 Å². The first-order chi connectivity index (χ1) is 5.83. The maximum absolute atomic E-state index is 11.6. The lowest BCUT2D eigenvalue weighted by atomic mass is 10.2. The predicted octanol–water partition coefficient (Wildman–Crippen LogP) is 1.54. The summed E-state index contributed by atoms with van der Waals surface area (Å²) in [6, 6.07) is 0. The largest absolute Gasteiger partial charge is 0.276 e. The molecule has 0 aromatic carbocycles. The van der Waals surface area contributed by atoms with E-state index in [2.05, 4.69) is 37.9 Å². The first-order valence-corrected chi connectivity index (χ1v) is 6.50. The molecule has 0 spiro atoms. The minimum atomic E-state index is -2.80. The fraction of sp³-hybridized carbons (Fsp3) is 1.00. The van der Waals surface area contributed by atoms with Crippen molar-refractivity contribution in [2.45, 2.75) is 27.7 Å². The monoisotopic (exact) mass is 207 g/mol. The van der Waals surface area contributed by atoms with Gasteiger partial charge in [0.05, 0.1) is 0 Å². The Morgan fingerprint density at radius 2 is 1.38 bits per heavy atom. The molecular formula is C8H22N3OP. The maximum atomic E-state index is 11.6. The fourth-order valence-corrected chi connectivity index (χ4v) is 2.08. The standard InChI is InChI=1S/C8H22N3OP/c1-7(2)5-10-13(9,12)11-6-8(3)4/h7-8H,5-6H2,1-4H3,(H4,9,10,11,12). The Kier molecular flexibility index (Phi) is 5.81. The molecule has 0 aromatic heterocycles. The van der Waals surface area contributed by atoms with Gasteiger partial charge in [-0.3, -0.25) is 10.1 Å². The van der Waals surface area contributed by atoms with E-state index < -0.39 is 7.59 Å². The molecular weight excluding hydrogens is 185 g/mol. The van der Waals surface area contributed by atoms with Crippen LogP contribution in [-0.4, -0.2) is 13.1 Å². The van der Waals surface area contributed by atoms with Crippen molar-refractivity contribution in [3.05, 3.63) is 0 Å². The molecule has 0 unspecified atom stereocenters. The Balaban J connectivity index is 3.74. The van der Waals surface area contributed by atoms with E-state index in [0.717, 1.165) is 0 Å². The zero-order chi connectivity index (χ0) is 10.5. The van der Waals surface area contributed by atoms with Crippen molar-refractivity contribution >= 4 is 7.59 Å². The zero-order valence-electron chi connectivity index (χ0n) is 9.00. The number of nitrogens with one attached hydrogen (secondary N) is 2. The van der Waals surface area contributed by atoms with Gasteiger partial charge in [-0.15, -0.1) is 0 Å². The topological polar surface area (TPSA) is 67.1 Å². The van der Waals surface area contributed by atoms with Crippen molar-refractivity contribution in [3.63, 3.8) is 0 Å². The van der Waals surface area contributed by atoms with Crippen LogP contribution in [0.3, 0.4) is 0 Å². The molecule has 13 heavy (non-hydrogen) atoms. The van der Waals surface area contributed by atoms with Crippen LogP contribution in [0.4, 0.5) is 0 Å². The van der Waals surface area contributed by atoms with E-state index in [1.54, 1.807) is 0 Å². The van der Waals surface area contributed by atoms with Crippen molar-refractivity contribution in [1.82, 2.24) is 10.2 Å². The summed E-state index contributed by atoms with van der Waals surface area (Å²) in [5.74, 6) is 0.912. The van der Waals surface area contributed by atoms with Gasteiger partial charge in [0, 0.05) is 13.1 Å². The maximum Gasteiger partial charge on any atom is 0.276 e. The first-order valence-electron chi connectivity index (χ1n) is 4.72. The van der Waals surface area contributed by atoms with Gasteiger partial charge in [-0.25, -0.2) is 10.2 Å². The normalized spacial score (nSPS) is 12.8. The second-order valence-electron chi connectivity index (χ2n) is 4.17. The Bertz CT molecular complexity index is 166. The molecule has 0 bridgehead atoms. The Labute approximate surface area is 81.2 Å². The van der Waals surface area contributed by atoms with Crippen LogP contribution in [-0.2, 0) is 4.57 Å². The summed E-state index contributed by atoms with van der Waals surface area (Å²) in [5, 5.41) is 5.67. The van der Waals surface area contributed by atoms with Gasteiger partial charge in [-0.05, 0) is 11.8 Å². The highest BCUT2D eigenvalue weighted by molar-refractivity contribution is 7.57. The third-order valence-electron chi connectivity index (χ3n) is 1.47. The summed E-state index contributed by atoms with van der Waals surface area (Å²) in [7, 11) is -2.80. The molecule has 0 radical (unpaired) electrons. The second kappa shape index (κ2) is 5.76. The van der Waals surface area contributed by atoms with Crippen LogP contribution in [0.2, 0.25) is 0 Å². The van der Waals surface area contributed by atoms with Gasteiger partial charge in [-0.1, -0.05) is 27.7 Å². The average Bonchev–Trinajstić information content (AvgIpc) is 1.98. The van der Waals surface area contributed by atoms with Crippen LogP contribution in [0.5, 0.6) is 0 Å². The van der Waals surface area contributed by atoms with Crippen LogP contribution < -0.4 is 15.7 Å². The summed E-state index contributed by atoms with van der Waals surface area (Å²) in [4.78, 5) is 0. The molecule has 4 N–H and O–H groups in total. The molecule has 0 aromatic rings. The lowest BCUT2D eigenvalue weighted by Crippen LogP contribution is -2.32. The molecule has 0 atom stereocenters. The fourth-order valence-electron chi connectivity index (χ4n) is 0.692. The van der Waals surface area contributed by atoms with Crippen molar-refractivity contribution in [2.75, 3.05) is 13.1 Å². The third kappa shape index (κ3) is 8.44. The predicted molar refractivity (Wildman–Crippen MR) is 57.5 cm³/mol. The van der Waals surface area contributed by atoms with Crippen molar-refractivity contribution < 1.29 is 4.57 Å². The minimum Gasteiger partial charge on any atom is -0.271 e. The van der Waals surface area contributed by atoms with E-state index in [0.29, 0.717) is 24.9 Å². The van der Waals surface area contributed by atoms with Crippen LogP contribution in [0.25, 0.3) is 0 Å². The third-order valence-corrected chi connectivity index (χ3v) is 2.77. The Morgan fingerprint density at radius 1 is 1.08 bits per heavy atom. The molecule has 4 nitrogen and oxygen atoms in total. The molecule has 0 saturated heterocycles. The van der Waals surface area contributed by atoms with Gasteiger partial charge in [0.1, 0.15) is 0 Å². The average molecular weight is 207 g/mol. The smallest absolute Gasteiger partial charge is 0.271 e. The molecule has 0 rings (SSSR count). The molecule has 0 aliphatic heterocycles. The summed E-state index contributed by atoms with van der Waals surface area (Å²) in [5.41, 5.74) is 5.55. The van der Waals surface area contributed by atoms with E-state index in [1.807, 2.05) is 0 Å². The number of rotatable bonds is 6. The molecule has 5 heteroatoms. The molecule has 0 fully saturated rings. The number of hydrogen-bond acceptors (Lipinski definition) is 1. The van der Waals surface area contributed by atoms with E-state index in [1.165, 1.54) is 0 Å². The summed E-state index contributed by atoms with van der Waals surface area (Å²) in [6.45, 7) is 9.56. The second-order valence-corrected chi connectivity index (χ2v) is 6.12. The Hall–Kier alpha value is 0.110. The van der Waals surface area contributed by atoms with E-state index in [-0.39, 0.29) is 0 Å². The van der Waals surface area contributed by atoms with E-state index >= 15 is 0 Å². The van der Waals surface area contributed by atoms with Crippen molar-refractivity contribution in [1.29, 1.82) is 0 Å². The summed E-state index contributed by atoms with van der Waals surface area (Å²) < 4.78 is 11.6. The van der Waals surface area contributed by atoms with Gasteiger partial charge in [0.15, 0.2) is 0 Å². The zero-order valence-corrected chi connectivity index (χ0v) is 9.90. The van der Waals surface area contributed by atoms with Gasteiger partial charge in [0.2, 0.25) is 0 Å². The number of nitrogens with two attached hydrogens (primary N) is 1. The lowest BCUT2D eigenvalue weighted by molar-refractivity contribution is 0.527. The highest BCUT2D eigenvalue weighted by Gasteiger charge is 2.14. The molecule has 0 amide bonds. The van der Waals surface area contributed by atoms with Crippen LogP contribution >= 0.6 is 7.59 Å². The quantitative estimate of drug-likeness (QED) is 0.578. The summed E-state index contributed by atoms with van der Waals surface area (Å²) >= 11 is 0. The molecule has 80 valence electrons. The van der Waals surface area contributed by atoms with Crippen LogP contribution in [0.15, 0.2) is 0 Å². The summed E-state index contributed by atoms with van der Waals surface area (Å²) in [6.07, 6.45) is 0. The van der Waals surface area contributed by atoms with E-state index in [9.17, 15) is 4.57 Å². The minimum absolute atomic E-state index is 0.456. The number of hydrogen-bond donors (Lipinski definition) is 3. The highest BCUT2D eigenvalue weighted by Crippen LogP contribution is 2.24. The van der Waals surface area contributed by atoms with Crippen LogP contribution in [0, 0.1) is 11.8 Å². The molecule has 0 heterocycles. The lowest BCUT2D eigenvalue weighted by Gasteiger charge is -2.18.